The topological polar surface area (TPSA) is 84.0 Å². The number of fused-ring (bicyclic) bond motifs is 5. The highest BCUT2D eigenvalue weighted by Crippen LogP contribution is 2.60. The van der Waals surface area contributed by atoms with Gasteiger partial charge in [-0.1, -0.05) is 31.9 Å². The minimum atomic E-state index is -0.663. The first-order valence-corrected chi connectivity index (χ1v) is 14.0. The fourth-order valence-electron chi connectivity index (χ4n) is 6.46. The number of hydrogen-bond acceptors (Lipinski definition) is 5. The number of rotatable bonds is 4. The van der Waals surface area contributed by atoms with Crippen LogP contribution in [0.25, 0.3) is 0 Å². The Labute approximate surface area is 229 Å². The number of carbonyl (C=O) groups is 4. The molecule has 37 heavy (non-hydrogen) atoms. The van der Waals surface area contributed by atoms with Crippen molar-refractivity contribution >= 4 is 66.9 Å². The highest BCUT2D eigenvalue weighted by Gasteiger charge is 2.66. The Bertz CT molecular complexity index is 1300. The second-order valence-corrected chi connectivity index (χ2v) is 12.4. The molecule has 2 heterocycles. The van der Waals surface area contributed by atoms with Crippen molar-refractivity contribution in [3.8, 4) is 5.75 Å². The number of hydrogen-bond donors (Lipinski definition) is 0. The summed E-state index contributed by atoms with van der Waals surface area (Å²) in [7, 11) is 0. The number of benzene rings is 2. The van der Waals surface area contributed by atoms with Crippen molar-refractivity contribution in [3.63, 3.8) is 0 Å². The van der Waals surface area contributed by atoms with Crippen LogP contribution in [0.3, 0.4) is 0 Å². The molecule has 6 rings (SSSR count). The number of carbonyl (C=O) groups excluding carboxylic acids is 4. The summed E-state index contributed by atoms with van der Waals surface area (Å²) in [5, 5.41) is 0. The number of alkyl halides is 2. The first kappa shape index (κ1) is 24.7. The highest BCUT2D eigenvalue weighted by atomic mass is 79.9. The summed E-state index contributed by atoms with van der Waals surface area (Å²) in [6.45, 7) is 1.91. The summed E-state index contributed by atoms with van der Waals surface area (Å²) in [6, 6.07) is 10.4. The molecule has 7 nitrogen and oxygen atoms in total. The molecule has 4 fully saturated rings. The van der Waals surface area contributed by atoms with Crippen molar-refractivity contribution in [1.29, 1.82) is 0 Å². The fraction of sp³-hybridized carbons (Fsp3) is 0.407. The Morgan fingerprint density at radius 2 is 1.59 bits per heavy atom. The van der Waals surface area contributed by atoms with E-state index in [1.54, 1.807) is 25.1 Å². The van der Waals surface area contributed by atoms with Gasteiger partial charge in [0.1, 0.15) is 11.6 Å². The third-order valence-electron chi connectivity index (χ3n) is 8.21. The summed E-state index contributed by atoms with van der Waals surface area (Å²) >= 11 is 7.40. The van der Waals surface area contributed by atoms with E-state index < -0.39 is 17.7 Å². The SMILES string of the molecule is Cc1cc(OC(=O)[C@@H]2CC(=O)N(c3ccc(F)cc3)C2)ccc1N1C(=O)[C@@H]2[C@H]3C[C@@H]([C@H](Br)[C@H]3Br)[C@H]2C1=O. The maximum absolute atomic E-state index is 13.4. The molecule has 10 heteroatoms. The number of nitrogens with zero attached hydrogens (tertiary/aromatic N) is 2. The maximum atomic E-state index is 13.4. The van der Waals surface area contributed by atoms with Crippen LogP contribution in [0.15, 0.2) is 42.5 Å². The van der Waals surface area contributed by atoms with E-state index in [2.05, 4.69) is 31.9 Å². The van der Waals surface area contributed by atoms with Crippen molar-refractivity contribution in [3.05, 3.63) is 53.8 Å². The van der Waals surface area contributed by atoms with Crippen molar-refractivity contribution < 1.29 is 28.3 Å². The molecule has 0 spiro atoms. The monoisotopic (exact) mass is 632 g/mol. The lowest BCUT2D eigenvalue weighted by Gasteiger charge is -2.28. The number of imide groups is 1. The van der Waals surface area contributed by atoms with Crippen LogP contribution in [0, 0.1) is 42.3 Å². The van der Waals surface area contributed by atoms with Crippen molar-refractivity contribution in [2.45, 2.75) is 29.4 Å². The van der Waals surface area contributed by atoms with Crippen LogP contribution in [-0.4, -0.2) is 39.9 Å². The molecule has 2 aromatic carbocycles. The third-order valence-corrected chi connectivity index (χ3v) is 11.4. The summed E-state index contributed by atoms with van der Waals surface area (Å²) in [5.74, 6) is -2.25. The standard InChI is InChI=1S/C27H23Br2FN2O5/c1-12-8-16(37-27(36)13-9-20(33)31(11-13)15-4-2-14(30)3-5-15)6-7-19(12)32-25(34)21-17-10-18(22(21)26(32)35)24(29)23(17)28/h2-8,13,17-18,21-24H,9-11H2,1H3/t13-,17-,18-,21-,22-,23+,24+/m1/s1. The molecule has 0 N–H and O–H groups in total. The molecule has 7 atom stereocenters. The van der Waals surface area contributed by atoms with Crippen molar-refractivity contribution in [1.82, 2.24) is 0 Å². The zero-order valence-corrected chi connectivity index (χ0v) is 22.9. The van der Waals surface area contributed by atoms with Gasteiger partial charge in [0.05, 0.1) is 23.4 Å². The van der Waals surface area contributed by atoms with E-state index >= 15 is 0 Å². The molecular formula is C27H23Br2FN2O5. The van der Waals surface area contributed by atoms with Gasteiger partial charge in [-0.15, -0.1) is 0 Å². The molecule has 0 unspecified atom stereocenters. The Morgan fingerprint density at radius 3 is 2.19 bits per heavy atom. The Morgan fingerprint density at radius 1 is 0.973 bits per heavy atom. The number of esters is 1. The van der Waals surface area contributed by atoms with Gasteiger partial charge in [-0.05, 0) is 73.2 Å². The van der Waals surface area contributed by atoms with E-state index in [0.29, 0.717) is 16.9 Å². The zero-order chi connectivity index (χ0) is 26.2. The van der Waals surface area contributed by atoms with Gasteiger partial charge >= 0.3 is 5.97 Å². The largest absolute Gasteiger partial charge is 0.426 e. The quantitative estimate of drug-likeness (QED) is 0.216. The first-order valence-electron chi connectivity index (χ1n) is 12.2. The molecule has 3 amide bonds. The van der Waals surface area contributed by atoms with Gasteiger partial charge in [0.15, 0.2) is 0 Å². The molecule has 0 radical (unpaired) electrons. The Hall–Kier alpha value is -2.59. The van der Waals surface area contributed by atoms with Crippen LogP contribution in [0.4, 0.5) is 15.8 Å². The molecule has 2 bridgehead atoms. The van der Waals surface area contributed by atoms with Gasteiger partial charge in [0, 0.05) is 28.3 Å². The smallest absolute Gasteiger partial charge is 0.316 e. The molecule has 2 saturated heterocycles. The molecule has 192 valence electrons. The molecule has 2 aliphatic heterocycles. The molecule has 2 aliphatic carbocycles. The lowest BCUT2D eigenvalue weighted by atomic mass is 9.81. The van der Waals surface area contributed by atoms with Gasteiger partial charge in [-0.2, -0.15) is 0 Å². The second-order valence-electron chi connectivity index (χ2n) is 10.3. The van der Waals surface area contributed by atoms with Gasteiger partial charge < -0.3 is 9.64 Å². The summed E-state index contributed by atoms with van der Waals surface area (Å²) in [6.07, 6.45) is 0.862. The van der Waals surface area contributed by atoms with Crippen LogP contribution in [0.1, 0.15) is 18.4 Å². The number of aryl methyl sites for hydroxylation is 1. The minimum Gasteiger partial charge on any atom is -0.426 e. The van der Waals surface area contributed by atoms with Crippen LogP contribution >= 0.6 is 31.9 Å². The minimum absolute atomic E-state index is 0.00169. The average molecular weight is 634 g/mol. The normalized spacial score (nSPS) is 32.4. The average Bonchev–Trinajstić information content (AvgIpc) is 3.58. The lowest BCUT2D eigenvalue weighted by Crippen LogP contribution is -2.37. The molecule has 2 aromatic rings. The summed E-state index contributed by atoms with van der Waals surface area (Å²) in [5.41, 5.74) is 1.66. The van der Waals surface area contributed by atoms with Crippen LogP contribution in [0.2, 0.25) is 0 Å². The second kappa shape index (κ2) is 9.01. The molecular weight excluding hydrogens is 611 g/mol. The van der Waals surface area contributed by atoms with Gasteiger partial charge in [-0.3, -0.25) is 19.2 Å². The summed E-state index contributed by atoms with van der Waals surface area (Å²) < 4.78 is 18.8. The predicted molar refractivity (Wildman–Crippen MR) is 140 cm³/mol. The molecule has 2 saturated carbocycles. The van der Waals surface area contributed by atoms with E-state index in [9.17, 15) is 23.6 Å². The molecule has 4 aliphatic rings. The van der Waals surface area contributed by atoms with E-state index in [1.807, 2.05) is 0 Å². The van der Waals surface area contributed by atoms with Crippen molar-refractivity contribution in [2.75, 3.05) is 16.3 Å². The van der Waals surface area contributed by atoms with E-state index in [-0.39, 0.29) is 69.8 Å². The molecule has 0 aromatic heterocycles. The van der Waals surface area contributed by atoms with Crippen LogP contribution < -0.4 is 14.5 Å². The predicted octanol–water partition coefficient (Wildman–Crippen LogP) is 4.37. The van der Waals surface area contributed by atoms with Crippen LogP contribution in [-0.2, 0) is 19.2 Å². The number of ether oxygens (including phenoxy) is 1. The fourth-order valence-corrected chi connectivity index (χ4v) is 8.34. The third kappa shape index (κ3) is 3.86. The zero-order valence-electron chi connectivity index (χ0n) is 19.8. The number of amides is 3. The van der Waals surface area contributed by atoms with E-state index in [0.717, 1.165) is 6.42 Å². The first-order chi connectivity index (χ1) is 17.7. The Balaban J connectivity index is 1.16. The van der Waals surface area contributed by atoms with E-state index in [4.69, 9.17) is 4.74 Å². The van der Waals surface area contributed by atoms with Crippen LogP contribution in [0.5, 0.6) is 5.75 Å². The van der Waals surface area contributed by atoms with Gasteiger partial charge in [0.2, 0.25) is 17.7 Å². The van der Waals surface area contributed by atoms with Gasteiger partial charge in [0.25, 0.3) is 0 Å². The highest BCUT2D eigenvalue weighted by molar-refractivity contribution is 9.12. The van der Waals surface area contributed by atoms with Gasteiger partial charge in [-0.25, -0.2) is 9.29 Å². The number of halogens is 3. The maximum Gasteiger partial charge on any atom is 0.316 e. The van der Waals surface area contributed by atoms with Crippen molar-refractivity contribution in [2.24, 2.45) is 29.6 Å². The summed E-state index contributed by atoms with van der Waals surface area (Å²) in [4.78, 5) is 55.1. The van der Waals surface area contributed by atoms with E-state index in [1.165, 1.54) is 34.1 Å². The number of anilines is 2. The Kier molecular flexibility index (Phi) is 6.02. The lowest BCUT2D eigenvalue weighted by molar-refractivity contribution is -0.139.